The van der Waals surface area contributed by atoms with E-state index in [4.69, 9.17) is 0 Å². The molecule has 0 aromatic rings. The fourth-order valence-corrected chi connectivity index (χ4v) is 1.83. The van der Waals surface area contributed by atoms with Crippen LogP contribution in [0.1, 0.15) is 13.8 Å². The second-order valence-electron chi connectivity index (χ2n) is 3.50. The molecule has 2 nitrogen and oxygen atoms in total. The van der Waals surface area contributed by atoms with Crippen LogP contribution in [-0.4, -0.2) is 12.8 Å². The molecule has 1 fully saturated rings. The van der Waals surface area contributed by atoms with Gasteiger partial charge in [0.05, 0.1) is 0 Å². The van der Waals surface area contributed by atoms with Gasteiger partial charge in [0.1, 0.15) is 6.29 Å². The van der Waals surface area contributed by atoms with Gasteiger partial charge in [0, 0.05) is 12.5 Å². The van der Waals surface area contributed by atoms with Gasteiger partial charge in [-0.2, -0.15) is 0 Å². The van der Waals surface area contributed by atoms with E-state index in [2.05, 4.69) is 28.3 Å². The molecule has 3 atom stereocenters. The zero-order valence-electron chi connectivity index (χ0n) is 6.42. The molecule has 0 heterocycles. The summed E-state index contributed by atoms with van der Waals surface area (Å²) in [6.45, 7) is 5.21. The molecule has 0 amide bonds. The second kappa shape index (κ2) is 2.60. The Morgan fingerprint density at radius 2 is 2.30 bits per heavy atom. The third-order valence-corrected chi connectivity index (χ3v) is 2.86. The van der Waals surface area contributed by atoms with Crippen molar-refractivity contribution in [3.8, 4) is 0 Å². The maximum absolute atomic E-state index is 10.4. The third-order valence-electron chi connectivity index (χ3n) is 2.62. The summed E-state index contributed by atoms with van der Waals surface area (Å²) in [6, 6.07) is 0. The molecule has 0 saturated heterocycles. The molecule has 1 unspecified atom stereocenters. The number of aldehydes is 1. The lowest BCUT2D eigenvalue weighted by Crippen LogP contribution is -2.06. The molecule has 10 heavy (non-hydrogen) atoms. The van der Waals surface area contributed by atoms with Gasteiger partial charge < -0.3 is 9.88 Å². The predicted octanol–water partition coefficient (Wildman–Crippen LogP) is 0.837. The summed E-state index contributed by atoms with van der Waals surface area (Å²) in [5.41, 5.74) is 0.241. The minimum absolute atomic E-state index is 0.241. The van der Waals surface area contributed by atoms with Crippen molar-refractivity contribution in [1.82, 2.24) is 5.09 Å². The van der Waals surface area contributed by atoms with Crippen molar-refractivity contribution in [2.24, 2.45) is 17.3 Å². The molecular formula is C7H14NOP. The van der Waals surface area contributed by atoms with Gasteiger partial charge in [0.2, 0.25) is 0 Å². The van der Waals surface area contributed by atoms with E-state index in [0.29, 0.717) is 5.92 Å². The average molecular weight is 159 g/mol. The maximum atomic E-state index is 10.4. The van der Waals surface area contributed by atoms with Crippen LogP contribution in [0.25, 0.3) is 0 Å². The lowest BCUT2D eigenvalue weighted by Gasteiger charge is -1.99. The fourth-order valence-electron chi connectivity index (χ4n) is 1.57. The first-order valence-electron chi connectivity index (χ1n) is 3.53. The van der Waals surface area contributed by atoms with Crippen LogP contribution in [0.2, 0.25) is 0 Å². The van der Waals surface area contributed by atoms with Crippen LogP contribution in [-0.2, 0) is 4.79 Å². The predicted molar refractivity (Wildman–Crippen MR) is 44.5 cm³/mol. The molecule has 1 aliphatic rings. The molecule has 3 heteroatoms. The van der Waals surface area contributed by atoms with Gasteiger partial charge in [0.25, 0.3) is 0 Å². The second-order valence-corrected chi connectivity index (χ2v) is 3.91. The first kappa shape index (κ1) is 8.16. The first-order valence-corrected chi connectivity index (χ1v) is 4.11. The summed E-state index contributed by atoms with van der Waals surface area (Å²) in [4.78, 5) is 10.4. The largest absolute Gasteiger partial charge is 0.303 e. The highest BCUT2D eigenvalue weighted by Gasteiger charge is 2.56. The van der Waals surface area contributed by atoms with Crippen molar-refractivity contribution in [2.45, 2.75) is 13.8 Å². The van der Waals surface area contributed by atoms with Crippen molar-refractivity contribution >= 4 is 15.7 Å². The zero-order chi connectivity index (χ0) is 7.78. The van der Waals surface area contributed by atoms with Crippen LogP contribution in [0.3, 0.4) is 0 Å². The Hall–Kier alpha value is 0.0600. The average Bonchev–Trinajstić information content (AvgIpc) is 2.36. The highest BCUT2D eigenvalue weighted by atomic mass is 31.0. The Morgan fingerprint density at radius 1 is 1.70 bits per heavy atom. The Balaban J connectivity index is 2.44. The summed E-state index contributed by atoms with van der Waals surface area (Å²) in [7, 11) is 2.46. The lowest BCUT2D eigenvalue weighted by atomic mass is 10.1. The van der Waals surface area contributed by atoms with Crippen LogP contribution in [0.4, 0.5) is 0 Å². The summed E-state index contributed by atoms with van der Waals surface area (Å²) < 4.78 is 0. The Labute approximate surface area is 64.0 Å². The van der Waals surface area contributed by atoms with Crippen molar-refractivity contribution in [3.63, 3.8) is 0 Å². The van der Waals surface area contributed by atoms with E-state index in [-0.39, 0.29) is 11.3 Å². The molecule has 1 N–H and O–H groups in total. The number of rotatable bonds is 3. The number of hydrogen-bond acceptors (Lipinski definition) is 2. The Bertz CT molecular complexity index is 147. The molecule has 0 aromatic carbocycles. The van der Waals surface area contributed by atoms with Crippen molar-refractivity contribution < 1.29 is 4.79 Å². The molecule has 0 aromatic heterocycles. The summed E-state index contributed by atoms with van der Waals surface area (Å²) >= 11 is 0. The Morgan fingerprint density at radius 3 is 2.60 bits per heavy atom. The van der Waals surface area contributed by atoms with E-state index < -0.39 is 0 Å². The van der Waals surface area contributed by atoms with Gasteiger partial charge in [-0.15, -0.1) is 0 Å². The molecule has 0 spiro atoms. The third kappa shape index (κ3) is 1.11. The van der Waals surface area contributed by atoms with E-state index in [1.807, 2.05) is 0 Å². The van der Waals surface area contributed by atoms with Crippen molar-refractivity contribution in [3.05, 3.63) is 0 Å². The first-order chi connectivity index (χ1) is 4.64. The molecule has 1 rings (SSSR count). The van der Waals surface area contributed by atoms with E-state index in [1.165, 1.54) is 0 Å². The molecule has 1 aliphatic carbocycles. The standard InChI is InChI=1S/C7H14NOP/c1-7(2)5(3-8-10)6(7)4-9/h4-6,8H,3,10H2,1-2H3/t5-,6+/m0/s1. The molecule has 0 bridgehead atoms. The highest BCUT2D eigenvalue weighted by molar-refractivity contribution is 7.13. The Kier molecular flexibility index (Phi) is 2.12. The molecular weight excluding hydrogens is 145 g/mol. The van der Waals surface area contributed by atoms with Crippen molar-refractivity contribution in [2.75, 3.05) is 6.54 Å². The van der Waals surface area contributed by atoms with E-state index >= 15 is 0 Å². The monoisotopic (exact) mass is 159 g/mol. The van der Waals surface area contributed by atoms with Gasteiger partial charge in [-0.1, -0.05) is 23.2 Å². The quantitative estimate of drug-likeness (QED) is 0.488. The fraction of sp³-hybridized carbons (Fsp3) is 0.857. The van der Waals surface area contributed by atoms with Crippen LogP contribution in [0.5, 0.6) is 0 Å². The van der Waals surface area contributed by atoms with Gasteiger partial charge in [-0.3, -0.25) is 0 Å². The molecule has 0 aliphatic heterocycles. The molecule has 1 saturated carbocycles. The van der Waals surface area contributed by atoms with E-state index in [0.717, 1.165) is 12.8 Å². The van der Waals surface area contributed by atoms with Crippen LogP contribution in [0.15, 0.2) is 0 Å². The van der Waals surface area contributed by atoms with Crippen molar-refractivity contribution in [1.29, 1.82) is 0 Å². The van der Waals surface area contributed by atoms with Gasteiger partial charge in [0.15, 0.2) is 0 Å². The lowest BCUT2D eigenvalue weighted by molar-refractivity contribution is -0.109. The van der Waals surface area contributed by atoms with Crippen LogP contribution < -0.4 is 5.09 Å². The normalized spacial score (nSPS) is 35.5. The van der Waals surface area contributed by atoms with Gasteiger partial charge in [-0.25, -0.2) is 0 Å². The number of carbonyl (C=O) groups excluding carboxylic acids is 1. The number of hydrogen-bond donors (Lipinski definition) is 1. The van der Waals surface area contributed by atoms with Gasteiger partial charge >= 0.3 is 0 Å². The smallest absolute Gasteiger partial charge is 0.123 e. The SMILES string of the molecule is CC1(C)[C@H](C=O)[C@@H]1CNP. The maximum Gasteiger partial charge on any atom is 0.123 e. The van der Waals surface area contributed by atoms with Crippen LogP contribution in [0, 0.1) is 17.3 Å². The topological polar surface area (TPSA) is 29.1 Å². The summed E-state index contributed by atoms with van der Waals surface area (Å²) in [6.07, 6.45) is 1.08. The summed E-state index contributed by atoms with van der Waals surface area (Å²) in [5, 5.41) is 3.01. The molecule has 58 valence electrons. The van der Waals surface area contributed by atoms with Crippen LogP contribution >= 0.6 is 9.39 Å². The number of nitrogens with one attached hydrogen (secondary N) is 1. The minimum atomic E-state index is 0.241. The van der Waals surface area contributed by atoms with Gasteiger partial charge in [-0.05, 0) is 11.3 Å². The highest BCUT2D eigenvalue weighted by Crippen LogP contribution is 2.56. The number of carbonyl (C=O) groups is 1. The van der Waals surface area contributed by atoms with E-state index in [1.54, 1.807) is 0 Å². The minimum Gasteiger partial charge on any atom is -0.303 e. The zero-order valence-corrected chi connectivity index (χ0v) is 7.58. The van der Waals surface area contributed by atoms with E-state index in [9.17, 15) is 4.79 Å². The summed E-state index contributed by atoms with van der Waals surface area (Å²) in [5.74, 6) is 0.822. The molecule has 0 radical (unpaired) electrons.